The van der Waals surface area contributed by atoms with Gasteiger partial charge in [-0.15, -0.1) is 0 Å². The highest BCUT2D eigenvalue weighted by Crippen LogP contribution is 2.35. The molecule has 0 amide bonds. The zero-order chi connectivity index (χ0) is 19.6. The SMILES string of the molecule is CCN(CC)S(=O)(=O)c1ccc(Cl)c(C(=O)Oc2ccc3c(c2)OCO3)c1. The van der Waals surface area contributed by atoms with Gasteiger partial charge in [0, 0.05) is 19.2 Å². The fraction of sp³-hybridized carbons (Fsp3) is 0.278. The van der Waals surface area contributed by atoms with Crippen LogP contribution in [0.1, 0.15) is 24.2 Å². The van der Waals surface area contributed by atoms with Gasteiger partial charge in [0.05, 0.1) is 15.5 Å². The molecule has 0 saturated carbocycles. The molecule has 7 nitrogen and oxygen atoms in total. The van der Waals surface area contributed by atoms with Crippen molar-refractivity contribution in [2.75, 3.05) is 19.9 Å². The summed E-state index contributed by atoms with van der Waals surface area (Å²) in [7, 11) is -3.72. The van der Waals surface area contributed by atoms with E-state index in [-0.39, 0.29) is 28.0 Å². The molecule has 0 N–H and O–H groups in total. The molecule has 1 aliphatic heterocycles. The van der Waals surface area contributed by atoms with E-state index in [0.29, 0.717) is 24.6 Å². The number of ether oxygens (including phenoxy) is 3. The number of benzene rings is 2. The Morgan fingerprint density at radius 2 is 1.81 bits per heavy atom. The van der Waals surface area contributed by atoms with E-state index in [4.69, 9.17) is 25.8 Å². The van der Waals surface area contributed by atoms with Crippen LogP contribution in [-0.4, -0.2) is 38.6 Å². The Labute approximate surface area is 162 Å². The Morgan fingerprint density at radius 3 is 2.52 bits per heavy atom. The number of halogens is 1. The minimum Gasteiger partial charge on any atom is -0.454 e. The van der Waals surface area contributed by atoms with Gasteiger partial charge in [-0.3, -0.25) is 0 Å². The summed E-state index contributed by atoms with van der Waals surface area (Å²) in [5.74, 6) is 0.484. The fourth-order valence-electron chi connectivity index (χ4n) is 2.64. The molecule has 0 bridgehead atoms. The van der Waals surface area contributed by atoms with Gasteiger partial charge in [0.2, 0.25) is 16.8 Å². The van der Waals surface area contributed by atoms with Crippen molar-refractivity contribution in [3.63, 3.8) is 0 Å². The Kier molecular flexibility index (Phi) is 5.59. The van der Waals surface area contributed by atoms with Gasteiger partial charge < -0.3 is 14.2 Å². The first-order chi connectivity index (χ1) is 12.9. The average Bonchev–Trinajstić information content (AvgIpc) is 3.10. The largest absolute Gasteiger partial charge is 0.454 e. The van der Waals surface area contributed by atoms with Gasteiger partial charge in [0.25, 0.3) is 0 Å². The highest BCUT2D eigenvalue weighted by atomic mass is 35.5. The van der Waals surface area contributed by atoms with Crippen LogP contribution in [-0.2, 0) is 10.0 Å². The van der Waals surface area contributed by atoms with Crippen LogP contribution in [0.15, 0.2) is 41.3 Å². The maximum Gasteiger partial charge on any atom is 0.345 e. The first-order valence-corrected chi connectivity index (χ1v) is 10.1. The number of hydrogen-bond acceptors (Lipinski definition) is 6. The molecule has 9 heteroatoms. The number of nitrogens with zero attached hydrogens (tertiary/aromatic N) is 1. The molecular formula is C18H18ClNO6S. The van der Waals surface area contributed by atoms with Crippen molar-refractivity contribution in [1.82, 2.24) is 4.31 Å². The number of fused-ring (bicyclic) bond motifs is 1. The lowest BCUT2D eigenvalue weighted by atomic mass is 10.2. The van der Waals surface area contributed by atoms with E-state index in [9.17, 15) is 13.2 Å². The number of carbonyl (C=O) groups is 1. The summed E-state index contributed by atoms with van der Waals surface area (Å²) < 4.78 is 42.4. The highest BCUT2D eigenvalue weighted by Gasteiger charge is 2.25. The molecule has 3 rings (SSSR count). The van der Waals surface area contributed by atoms with Crippen LogP contribution >= 0.6 is 11.6 Å². The van der Waals surface area contributed by atoms with E-state index in [2.05, 4.69) is 0 Å². The Hall–Kier alpha value is -2.29. The molecule has 2 aromatic carbocycles. The second-order valence-electron chi connectivity index (χ2n) is 5.64. The predicted molar refractivity (Wildman–Crippen MR) is 99.1 cm³/mol. The van der Waals surface area contributed by atoms with E-state index in [0.717, 1.165) is 0 Å². The van der Waals surface area contributed by atoms with E-state index in [1.54, 1.807) is 26.0 Å². The fourth-order valence-corrected chi connectivity index (χ4v) is 4.32. The monoisotopic (exact) mass is 411 g/mol. The third-order valence-electron chi connectivity index (χ3n) is 4.06. The third-order valence-corrected chi connectivity index (χ3v) is 6.43. The van der Waals surface area contributed by atoms with Gasteiger partial charge in [-0.1, -0.05) is 25.4 Å². The number of carbonyl (C=O) groups excluding carboxylic acids is 1. The maximum absolute atomic E-state index is 12.7. The van der Waals surface area contributed by atoms with Crippen molar-refractivity contribution in [2.24, 2.45) is 0 Å². The van der Waals surface area contributed by atoms with E-state index < -0.39 is 16.0 Å². The molecule has 27 heavy (non-hydrogen) atoms. The normalized spacial score (nSPS) is 13.0. The molecule has 0 aromatic heterocycles. The van der Waals surface area contributed by atoms with Crippen molar-refractivity contribution < 1.29 is 27.4 Å². The third kappa shape index (κ3) is 3.87. The second kappa shape index (κ2) is 7.75. The topological polar surface area (TPSA) is 82.1 Å². The van der Waals surface area contributed by atoms with Crippen LogP contribution in [0, 0.1) is 0 Å². The number of rotatable bonds is 6. The van der Waals surface area contributed by atoms with Crippen molar-refractivity contribution in [3.8, 4) is 17.2 Å². The van der Waals surface area contributed by atoms with E-state index in [1.165, 1.54) is 28.6 Å². The van der Waals surface area contributed by atoms with Gasteiger partial charge in [0.1, 0.15) is 5.75 Å². The van der Waals surface area contributed by atoms with Gasteiger partial charge >= 0.3 is 5.97 Å². The Morgan fingerprint density at radius 1 is 1.11 bits per heavy atom. The standard InChI is InChI=1S/C18H18ClNO6S/c1-3-20(4-2)27(22,23)13-6-7-15(19)14(10-13)18(21)26-12-5-8-16-17(9-12)25-11-24-16/h5-10H,3-4,11H2,1-2H3. The molecule has 0 spiro atoms. The van der Waals surface area contributed by atoms with Crippen LogP contribution in [0.25, 0.3) is 0 Å². The zero-order valence-electron chi connectivity index (χ0n) is 14.8. The maximum atomic E-state index is 12.7. The Bertz CT molecular complexity index is 972. The first-order valence-electron chi connectivity index (χ1n) is 8.28. The lowest BCUT2D eigenvalue weighted by molar-refractivity contribution is 0.0734. The van der Waals surface area contributed by atoms with Crippen molar-refractivity contribution in [3.05, 3.63) is 47.0 Å². The van der Waals surface area contributed by atoms with Crippen LogP contribution in [0.4, 0.5) is 0 Å². The molecule has 1 aliphatic rings. The van der Waals surface area contributed by atoms with Crippen molar-refractivity contribution >= 4 is 27.6 Å². The quantitative estimate of drug-likeness (QED) is 0.535. The summed E-state index contributed by atoms with van der Waals surface area (Å²) in [4.78, 5) is 12.5. The van der Waals surface area contributed by atoms with E-state index >= 15 is 0 Å². The molecular weight excluding hydrogens is 394 g/mol. The molecule has 0 fully saturated rings. The minimum absolute atomic E-state index is 0.0202. The number of hydrogen-bond donors (Lipinski definition) is 0. The first kappa shape index (κ1) is 19.5. The summed E-state index contributed by atoms with van der Waals surface area (Å²) in [6.07, 6.45) is 0. The number of esters is 1. The van der Waals surface area contributed by atoms with Crippen molar-refractivity contribution in [2.45, 2.75) is 18.7 Å². The lowest BCUT2D eigenvalue weighted by Gasteiger charge is -2.19. The van der Waals surface area contributed by atoms with Gasteiger partial charge in [0.15, 0.2) is 11.5 Å². The Balaban J connectivity index is 1.89. The van der Waals surface area contributed by atoms with Gasteiger partial charge in [-0.05, 0) is 30.3 Å². The molecule has 1 heterocycles. The molecule has 2 aromatic rings. The second-order valence-corrected chi connectivity index (χ2v) is 7.98. The molecule has 0 radical (unpaired) electrons. The molecule has 0 unspecified atom stereocenters. The van der Waals surface area contributed by atoms with Gasteiger partial charge in [-0.2, -0.15) is 4.31 Å². The number of sulfonamides is 1. The van der Waals surface area contributed by atoms with Crippen LogP contribution in [0.3, 0.4) is 0 Å². The highest BCUT2D eigenvalue weighted by molar-refractivity contribution is 7.89. The molecule has 0 aliphatic carbocycles. The zero-order valence-corrected chi connectivity index (χ0v) is 16.3. The summed E-state index contributed by atoms with van der Waals surface area (Å²) in [5, 5.41) is 0.0965. The summed E-state index contributed by atoms with van der Waals surface area (Å²) >= 11 is 6.09. The van der Waals surface area contributed by atoms with Gasteiger partial charge in [-0.25, -0.2) is 13.2 Å². The summed E-state index contributed by atoms with van der Waals surface area (Å²) in [5.41, 5.74) is -0.0393. The molecule has 0 saturated heterocycles. The van der Waals surface area contributed by atoms with Crippen LogP contribution < -0.4 is 14.2 Å². The minimum atomic E-state index is -3.72. The lowest BCUT2D eigenvalue weighted by Crippen LogP contribution is -2.30. The molecule has 144 valence electrons. The summed E-state index contributed by atoms with van der Waals surface area (Å²) in [6, 6.07) is 8.65. The van der Waals surface area contributed by atoms with Crippen LogP contribution in [0.5, 0.6) is 17.2 Å². The van der Waals surface area contributed by atoms with E-state index in [1.807, 2.05) is 0 Å². The summed E-state index contributed by atoms with van der Waals surface area (Å²) in [6.45, 7) is 4.22. The average molecular weight is 412 g/mol. The van der Waals surface area contributed by atoms with Crippen LogP contribution in [0.2, 0.25) is 5.02 Å². The molecule has 0 atom stereocenters. The smallest absolute Gasteiger partial charge is 0.345 e. The predicted octanol–water partition coefficient (Wildman–Crippen LogP) is 3.32. The van der Waals surface area contributed by atoms with Crippen molar-refractivity contribution in [1.29, 1.82) is 0 Å².